The van der Waals surface area contributed by atoms with Crippen LogP contribution < -0.4 is 19.2 Å². The van der Waals surface area contributed by atoms with E-state index >= 15 is 0 Å². The first-order valence-corrected chi connectivity index (χ1v) is 30.0. The number of aryl methyl sites for hydroxylation is 2. The highest BCUT2D eigenvalue weighted by Gasteiger charge is 2.41. The monoisotopic (exact) mass is 1050 g/mol. The number of nitrogens with one attached hydrogen (secondary N) is 2. The zero-order chi connectivity index (χ0) is 54.4. The van der Waals surface area contributed by atoms with Gasteiger partial charge in [-0.2, -0.15) is 10.2 Å². The van der Waals surface area contributed by atoms with Crippen LogP contribution in [0.4, 0.5) is 22.7 Å². The molecule has 20 heteroatoms. The topological polar surface area (TPSA) is 210 Å². The molecule has 74 heavy (non-hydrogen) atoms. The second-order valence-electron chi connectivity index (χ2n) is 25.0. The molecule has 0 aliphatic carbocycles. The third-order valence-corrected chi connectivity index (χ3v) is 16.3. The van der Waals surface area contributed by atoms with Crippen LogP contribution >= 0.6 is 0 Å². The second-order valence-corrected chi connectivity index (χ2v) is 28.6. The number of hydrogen-bond donors (Lipinski definition) is 2. The molecule has 2 aromatic heterocycles. The maximum atomic E-state index is 11.8. The SMILES string of the molecule is Cc1cc2c(cc1/N=C1/C(C(C)(C)C)=Nn3nc(C(C)CNS(C)(=O)=O)nc31)C(C)CC(C)(C)N2CCCCN1c2cc(C)c(/N=C3/C(C(C)(C)C)=Nn4nc(C(C)CNS(C)(=O)=O)nc43)cc2C(C)CC1(C)C. The number of fused-ring (bicyclic) bond motifs is 4. The van der Waals surface area contributed by atoms with E-state index in [-0.39, 0.29) is 46.8 Å². The van der Waals surface area contributed by atoms with Gasteiger partial charge in [-0.3, -0.25) is 0 Å². The van der Waals surface area contributed by atoms with Gasteiger partial charge in [-0.1, -0.05) is 69.2 Å². The van der Waals surface area contributed by atoms with Crippen LogP contribution in [0.25, 0.3) is 0 Å². The number of sulfonamides is 2. The molecule has 4 unspecified atom stereocenters. The van der Waals surface area contributed by atoms with Crippen LogP contribution in [0.1, 0.15) is 192 Å². The minimum Gasteiger partial charge on any atom is -0.366 e. The number of unbranched alkanes of at least 4 members (excludes halogenated alkanes) is 1. The summed E-state index contributed by atoms with van der Waals surface area (Å²) in [4.78, 5) is 28.8. The van der Waals surface area contributed by atoms with Crippen molar-refractivity contribution in [2.75, 3.05) is 48.5 Å². The van der Waals surface area contributed by atoms with Crippen LogP contribution in [0.15, 0.2) is 44.5 Å². The molecular formula is C54H80N14O4S2. The molecule has 8 rings (SSSR count). The Morgan fingerprint density at radius 1 is 0.635 bits per heavy atom. The lowest BCUT2D eigenvalue weighted by molar-refractivity contribution is 0.361. The number of benzene rings is 2. The number of aliphatic imine (C=N–C) groups is 2. The third-order valence-electron chi connectivity index (χ3n) is 15.0. The van der Waals surface area contributed by atoms with Crippen molar-refractivity contribution in [1.29, 1.82) is 0 Å². The predicted octanol–water partition coefficient (Wildman–Crippen LogP) is 9.23. The Kier molecular flexibility index (Phi) is 14.5. The second kappa shape index (κ2) is 19.4. The summed E-state index contributed by atoms with van der Waals surface area (Å²) in [6.07, 6.45) is 6.34. The normalized spacial score (nSPS) is 21.4. The lowest BCUT2D eigenvalue weighted by Crippen LogP contribution is -2.50. The van der Waals surface area contributed by atoms with Gasteiger partial charge in [0, 0.05) is 71.3 Å². The van der Waals surface area contributed by atoms with E-state index in [9.17, 15) is 16.8 Å². The van der Waals surface area contributed by atoms with Crippen molar-refractivity contribution in [2.24, 2.45) is 31.0 Å². The molecule has 0 radical (unpaired) electrons. The summed E-state index contributed by atoms with van der Waals surface area (Å²) in [7, 11) is -6.73. The molecule has 0 spiro atoms. The Labute approximate surface area is 440 Å². The van der Waals surface area contributed by atoms with Crippen molar-refractivity contribution in [3.63, 3.8) is 0 Å². The van der Waals surface area contributed by atoms with E-state index in [1.807, 2.05) is 13.8 Å². The fourth-order valence-corrected chi connectivity index (χ4v) is 12.2. The summed E-state index contributed by atoms with van der Waals surface area (Å²) >= 11 is 0. The molecule has 0 bridgehead atoms. The molecular weight excluding hydrogens is 973 g/mol. The molecule has 6 heterocycles. The van der Waals surface area contributed by atoms with Gasteiger partial charge in [0.2, 0.25) is 31.7 Å². The fourth-order valence-electron chi connectivity index (χ4n) is 11.1. The predicted molar refractivity (Wildman–Crippen MR) is 300 cm³/mol. The van der Waals surface area contributed by atoms with Crippen LogP contribution in [0, 0.1) is 24.7 Å². The van der Waals surface area contributed by atoms with Crippen LogP contribution in [0.3, 0.4) is 0 Å². The van der Waals surface area contributed by atoms with E-state index in [2.05, 4.69) is 151 Å². The van der Waals surface area contributed by atoms with Crippen LogP contribution in [-0.4, -0.2) is 119 Å². The Bertz CT molecular complexity index is 3010. The van der Waals surface area contributed by atoms with E-state index in [0.717, 1.165) is 85.2 Å². The first-order chi connectivity index (χ1) is 34.1. The van der Waals surface area contributed by atoms with Gasteiger partial charge in [-0.15, -0.1) is 19.8 Å². The number of aromatic nitrogens is 6. The smallest absolute Gasteiger partial charge is 0.208 e. The molecule has 4 atom stereocenters. The van der Waals surface area contributed by atoms with Crippen molar-refractivity contribution >= 4 is 65.6 Å². The molecule has 0 saturated heterocycles. The van der Waals surface area contributed by atoms with Gasteiger partial charge in [0.1, 0.15) is 11.4 Å². The summed E-state index contributed by atoms with van der Waals surface area (Å²) in [5.74, 6) is 2.25. The van der Waals surface area contributed by atoms with Crippen molar-refractivity contribution in [3.05, 3.63) is 69.8 Å². The highest BCUT2D eigenvalue weighted by atomic mass is 32.2. The van der Waals surface area contributed by atoms with Gasteiger partial charge in [0.05, 0.1) is 35.3 Å². The quantitative estimate of drug-likeness (QED) is 0.108. The lowest BCUT2D eigenvalue weighted by Gasteiger charge is -2.49. The van der Waals surface area contributed by atoms with Crippen LogP contribution in [-0.2, 0) is 20.0 Å². The number of hydrogen-bond acceptors (Lipinski definition) is 14. The van der Waals surface area contributed by atoms with E-state index in [4.69, 9.17) is 30.2 Å². The first kappa shape index (κ1) is 55.1. The average Bonchev–Trinajstić information content (AvgIpc) is 4.03. The van der Waals surface area contributed by atoms with Crippen molar-refractivity contribution in [1.82, 2.24) is 39.2 Å². The molecule has 4 aromatic rings. The standard InChI is InChI=1S/C54H80N14O4S2/c1-31-23-41-37(25-39(31)57-43-45(51(7,8)9)61-67-49(43)59-47(63-67)35(5)29-55-73(17,69)70)33(3)27-53(13,14)65(41)21-19-20-22-66-42-24-32(2)40(26-38(42)34(4)28-54(66,15)16)58-44-46(52(10,11)12)62-68-50(44)60-48(64-68)36(6)30-56-74(18,71)72/h23-26,33-36,55-56H,19-22,27-30H2,1-18H3/b57-43-,58-44-. The highest BCUT2D eigenvalue weighted by molar-refractivity contribution is 7.89. The minimum atomic E-state index is -3.37. The van der Waals surface area contributed by atoms with Gasteiger partial charge in [0.25, 0.3) is 0 Å². The molecule has 4 aliphatic rings. The third kappa shape index (κ3) is 11.3. The summed E-state index contributed by atoms with van der Waals surface area (Å²) in [5, 5.41) is 19.1. The summed E-state index contributed by atoms with van der Waals surface area (Å²) in [5.41, 5.74) is 11.2. The van der Waals surface area contributed by atoms with Crippen LogP contribution in [0.5, 0.6) is 0 Å². The molecule has 2 N–H and O–H groups in total. The average molecular weight is 1050 g/mol. The largest absolute Gasteiger partial charge is 0.366 e. The lowest BCUT2D eigenvalue weighted by atomic mass is 9.79. The Morgan fingerprint density at radius 2 is 0.986 bits per heavy atom. The van der Waals surface area contributed by atoms with Gasteiger partial charge in [0.15, 0.2) is 11.6 Å². The van der Waals surface area contributed by atoms with E-state index in [0.29, 0.717) is 46.6 Å². The highest BCUT2D eigenvalue weighted by Crippen LogP contribution is 2.48. The van der Waals surface area contributed by atoms with Gasteiger partial charge >= 0.3 is 0 Å². The summed E-state index contributed by atoms with van der Waals surface area (Å²) in [6.45, 7) is 37.1. The zero-order valence-electron chi connectivity index (χ0n) is 47.1. The zero-order valence-corrected chi connectivity index (χ0v) is 48.7. The van der Waals surface area contributed by atoms with E-state index in [1.54, 1.807) is 9.58 Å². The van der Waals surface area contributed by atoms with Gasteiger partial charge in [-0.25, -0.2) is 46.2 Å². The van der Waals surface area contributed by atoms with Gasteiger partial charge < -0.3 is 9.80 Å². The van der Waals surface area contributed by atoms with E-state index in [1.165, 1.54) is 22.5 Å². The minimum absolute atomic E-state index is 0.0555. The van der Waals surface area contributed by atoms with Crippen LogP contribution in [0.2, 0.25) is 0 Å². The molecule has 402 valence electrons. The molecule has 4 aliphatic heterocycles. The molecule has 0 fully saturated rings. The van der Waals surface area contributed by atoms with Crippen molar-refractivity contribution in [3.8, 4) is 0 Å². The summed E-state index contributed by atoms with van der Waals surface area (Å²) in [6, 6.07) is 9.19. The Hall–Kier alpha value is -5.18. The number of rotatable bonds is 15. The Balaban J connectivity index is 1.03. The molecule has 0 amide bonds. The molecule has 2 aromatic carbocycles. The molecule has 0 saturated carbocycles. The van der Waals surface area contributed by atoms with Crippen molar-refractivity contribution < 1.29 is 16.8 Å². The maximum Gasteiger partial charge on any atom is 0.208 e. The number of nitrogens with zero attached hydrogens (tertiary/aromatic N) is 12. The number of anilines is 2. The van der Waals surface area contributed by atoms with Gasteiger partial charge in [-0.05, 0) is 126 Å². The van der Waals surface area contributed by atoms with E-state index < -0.39 is 20.0 Å². The first-order valence-electron chi connectivity index (χ1n) is 26.2. The fraction of sp³-hybridized carbons (Fsp3) is 0.630. The maximum absolute atomic E-state index is 11.8. The Morgan fingerprint density at radius 3 is 1.31 bits per heavy atom. The van der Waals surface area contributed by atoms with Crippen molar-refractivity contribution in [2.45, 2.75) is 171 Å². The molecule has 18 nitrogen and oxygen atoms in total. The summed E-state index contributed by atoms with van der Waals surface area (Å²) < 4.78 is 52.5.